The summed E-state index contributed by atoms with van der Waals surface area (Å²) in [5.41, 5.74) is 0.367. The van der Waals surface area contributed by atoms with E-state index < -0.39 is 0 Å². The van der Waals surface area contributed by atoms with Gasteiger partial charge in [-0.2, -0.15) is 0 Å². The standard InChI is InChI=1S/C14H20ClN3O2/c15-11-4-5-13(17-9-11)14(20)16-6-8-18-7-2-1-3-12(18)10-19/h4-5,9,12,19H,1-3,6-8,10H2,(H,16,20). The highest BCUT2D eigenvalue weighted by Crippen LogP contribution is 2.15. The van der Waals surface area contributed by atoms with Crippen LogP contribution in [-0.4, -0.2) is 53.2 Å². The minimum atomic E-state index is -0.195. The molecule has 1 saturated heterocycles. The molecule has 2 rings (SSSR count). The SMILES string of the molecule is O=C(NCCN1CCCCC1CO)c1ccc(Cl)cn1. The number of piperidine rings is 1. The molecular formula is C14H20ClN3O2. The Balaban J connectivity index is 1.77. The molecule has 0 saturated carbocycles. The van der Waals surface area contributed by atoms with Crippen LogP contribution in [0.15, 0.2) is 18.3 Å². The number of aromatic nitrogens is 1. The van der Waals surface area contributed by atoms with Crippen LogP contribution in [0.5, 0.6) is 0 Å². The quantitative estimate of drug-likeness (QED) is 0.860. The molecule has 20 heavy (non-hydrogen) atoms. The minimum Gasteiger partial charge on any atom is -0.395 e. The van der Waals surface area contributed by atoms with Crippen molar-refractivity contribution in [3.63, 3.8) is 0 Å². The lowest BCUT2D eigenvalue weighted by Gasteiger charge is -2.34. The maximum Gasteiger partial charge on any atom is 0.269 e. The molecule has 110 valence electrons. The van der Waals surface area contributed by atoms with Gasteiger partial charge in [-0.1, -0.05) is 18.0 Å². The number of hydrogen-bond donors (Lipinski definition) is 2. The maximum absolute atomic E-state index is 11.9. The van der Waals surface area contributed by atoms with Gasteiger partial charge in [0.25, 0.3) is 5.91 Å². The van der Waals surface area contributed by atoms with Crippen LogP contribution in [0.1, 0.15) is 29.8 Å². The predicted octanol–water partition coefficient (Wildman–Crippen LogP) is 1.31. The van der Waals surface area contributed by atoms with Gasteiger partial charge < -0.3 is 10.4 Å². The van der Waals surface area contributed by atoms with Crippen molar-refractivity contribution in [3.05, 3.63) is 29.0 Å². The van der Waals surface area contributed by atoms with Crippen molar-refractivity contribution in [1.82, 2.24) is 15.2 Å². The van der Waals surface area contributed by atoms with Gasteiger partial charge in [0.05, 0.1) is 11.6 Å². The molecule has 0 aromatic carbocycles. The molecule has 0 spiro atoms. The average Bonchev–Trinajstić information content (AvgIpc) is 2.48. The summed E-state index contributed by atoms with van der Waals surface area (Å²) in [4.78, 5) is 18.1. The van der Waals surface area contributed by atoms with E-state index in [-0.39, 0.29) is 18.6 Å². The molecule has 1 amide bonds. The van der Waals surface area contributed by atoms with E-state index in [1.807, 2.05) is 0 Å². The van der Waals surface area contributed by atoms with E-state index in [1.165, 1.54) is 12.6 Å². The molecule has 5 nitrogen and oxygen atoms in total. The third-order valence-electron chi connectivity index (χ3n) is 3.60. The molecular weight excluding hydrogens is 278 g/mol. The fourth-order valence-electron chi connectivity index (χ4n) is 2.47. The Morgan fingerprint density at radius 1 is 1.50 bits per heavy atom. The summed E-state index contributed by atoms with van der Waals surface area (Å²) >= 11 is 5.73. The summed E-state index contributed by atoms with van der Waals surface area (Å²) < 4.78 is 0. The Morgan fingerprint density at radius 3 is 3.05 bits per heavy atom. The number of carbonyl (C=O) groups is 1. The number of amides is 1. The summed E-state index contributed by atoms with van der Waals surface area (Å²) in [6.45, 7) is 2.48. The van der Waals surface area contributed by atoms with Gasteiger partial charge in [-0.3, -0.25) is 9.69 Å². The van der Waals surface area contributed by atoms with Crippen LogP contribution in [0.4, 0.5) is 0 Å². The van der Waals surface area contributed by atoms with Gasteiger partial charge >= 0.3 is 0 Å². The first kappa shape index (κ1) is 15.2. The van der Waals surface area contributed by atoms with Crippen LogP contribution >= 0.6 is 11.6 Å². The number of aliphatic hydroxyl groups is 1. The Kier molecular flexibility index (Phi) is 5.76. The molecule has 0 radical (unpaired) electrons. The first-order valence-corrected chi connectivity index (χ1v) is 7.33. The summed E-state index contributed by atoms with van der Waals surface area (Å²) in [6.07, 6.45) is 4.82. The molecule has 1 atom stereocenters. The van der Waals surface area contributed by atoms with Gasteiger partial charge in [0, 0.05) is 25.3 Å². The van der Waals surface area contributed by atoms with Crippen molar-refractivity contribution in [2.75, 3.05) is 26.2 Å². The molecule has 1 fully saturated rings. The van der Waals surface area contributed by atoms with E-state index >= 15 is 0 Å². The zero-order valence-electron chi connectivity index (χ0n) is 11.4. The van der Waals surface area contributed by atoms with Gasteiger partial charge in [-0.15, -0.1) is 0 Å². The van der Waals surface area contributed by atoms with E-state index in [9.17, 15) is 9.90 Å². The fraction of sp³-hybridized carbons (Fsp3) is 0.571. The molecule has 2 N–H and O–H groups in total. The van der Waals surface area contributed by atoms with Gasteiger partial charge in [0.1, 0.15) is 5.69 Å². The van der Waals surface area contributed by atoms with Crippen LogP contribution in [0.2, 0.25) is 5.02 Å². The lowest BCUT2D eigenvalue weighted by atomic mass is 10.0. The normalized spacial score (nSPS) is 19.8. The van der Waals surface area contributed by atoms with Crippen LogP contribution < -0.4 is 5.32 Å². The van der Waals surface area contributed by atoms with Crippen molar-refractivity contribution in [2.45, 2.75) is 25.3 Å². The third-order valence-corrected chi connectivity index (χ3v) is 3.83. The maximum atomic E-state index is 11.9. The number of likely N-dealkylation sites (tertiary alicyclic amines) is 1. The monoisotopic (exact) mass is 297 g/mol. The van der Waals surface area contributed by atoms with Crippen LogP contribution in [0.25, 0.3) is 0 Å². The van der Waals surface area contributed by atoms with Crippen molar-refractivity contribution in [2.24, 2.45) is 0 Å². The number of carbonyl (C=O) groups excluding carboxylic acids is 1. The smallest absolute Gasteiger partial charge is 0.269 e. The Hall–Kier alpha value is -1.17. The topological polar surface area (TPSA) is 65.5 Å². The number of halogens is 1. The van der Waals surface area contributed by atoms with Crippen molar-refractivity contribution in [3.8, 4) is 0 Å². The Bertz CT molecular complexity index is 439. The summed E-state index contributed by atoms with van der Waals surface area (Å²) in [5.74, 6) is -0.195. The molecule has 0 aliphatic carbocycles. The first-order valence-electron chi connectivity index (χ1n) is 6.95. The highest BCUT2D eigenvalue weighted by molar-refractivity contribution is 6.30. The first-order chi connectivity index (χ1) is 9.70. The summed E-state index contributed by atoms with van der Waals surface area (Å²) in [5, 5.41) is 12.7. The highest BCUT2D eigenvalue weighted by Gasteiger charge is 2.21. The van der Waals surface area contributed by atoms with E-state index in [2.05, 4.69) is 15.2 Å². The highest BCUT2D eigenvalue weighted by atomic mass is 35.5. The van der Waals surface area contributed by atoms with E-state index in [4.69, 9.17) is 11.6 Å². The second-order valence-corrected chi connectivity index (χ2v) is 5.42. The molecule has 2 heterocycles. The van der Waals surface area contributed by atoms with Gasteiger partial charge in [0.15, 0.2) is 0 Å². The molecule has 1 unspecified atom stereocenters. The van der Waals surface area contributed by atoms with Crippen LogP contribution in [0, 0.1) is 0 Å². The number of aliphatic hydroxyl groups excluding tert-OH is 1. The molecule has 1 aromatic rings. The van der Waals surface area contributed by atoms with Gasteiger partial charge in [-0.05, 0) is 31.5 Å². The summed E-state index contributed by atoms with van der Waals surface area (Å²) in [7, 11) is 0. The minimum absolute atomic E-state index is 0.187. The van der Waals surface area contributed by atoms with Crippen LogP contribution in [-0.2, 0) is 0 Å². The van der Waals surface area contributed by atoms with Crippen molar-refractivity contribution >= 4 is 17.5 Å². The van der Waals surface area contributed by atoms with E-state index in [0.717, 1.165) is 25.9 Å². The lowest BCUT2D eigenvalue weighted by Crippen LogP contribution is -2.45. The zero-order chi connectivity index (χ0) is 14.4. The summed E-state index contributed by atoms with van der Waals surface area (Å²) in [6, 6.07) is 3.49. The molecule has 6 heteroatoms. The van der Waals surface area contributed by atoms with Crippen molar-refractivity contribution in [1.29, 1.82) is 0 Å². The van der Waals surface area contributed by atoms with Gasteiger partial charge in [0.2, 0.25) is 0 Å². The largest absolute Gasteiger partial charge is 0.395 e. The van der Waals surface area contributed by atoms with Crippen LogP contribution in [0.3, 0.4) is 0 Å². The second-order valence-electron chi connectivity index (χ2n) is 4.99. The molecule has 0 bridgehead atoms. The number of hydrogen-bond acceptors (Lipinski definition) is 4. The number of nitrogens with one attached hydrogen (secondary N) is 1. The van der Waals surface area contributed by atoms with Gasteiger partial charge in [-0.25, -0.2) is 4.98 Å². The second kappa shape index (κ2) is 7.57. The number of nitrogens with zero attached hydrogens (tertiary/aromatic N) is 2. The lowest BCUT2D eigenvalue weighted by molar-refractivity contribution is 0.0847. The van der Waals surface area contributed by atoms with E-state index in [1.54, 1.807) is 12.1 Å². The fourth-order valence-corrected chi connectivity index (χ4v) is 2.59. The average molecular weight is 298 g/mol. The number of pyridine rings is 1. The molecule has 1 aromatic heterocycles. The Morgan fingerprint density at radius 2 is 2.35 bits per heavy atom. The Labute approximate surface area is 123 Å². The van der Waals surface area contributed by atoms with E-state index in [0.29, 0.717) is 17.3 Å². The number of rotatable bonds is 5. The van der Waals surface area contributed by atoms with Crippen molar-refractivity contribution < 1.29 is 9.90 Å². The predicted molar refractivity (Wildman–Crippen MR) is 77.9 cm³/mol. The third kappa shape index (κ3) is 4.16. The molecule has 1 aliphatic heterocycles. The zero-order valence-corrected chi connectivity index (χ0v) is 12.1. The molecule has 1 aliphatic rings.